The Balaban J connectivity index is 0.00000182. The summed E-state index contributed by atoms with van der Waals surface area (Å²) in [5, 5.41) is 6.92. The number of fused-ring (bicyclic) bond motifs is 1. The molecule has 4 aromatic rings. The van der Waals surface area contributed by atoms with Gasteiger partial charge in [0.05, 0.1) is 11.4 Å². The molecule has 0 saturated carbocycles. The van der Waals surface area contributed by atoms with Crippen molar-refractivity contribution < 1.29 is 0 Å². The van der Waals surface area contributed by atoms with E-state index >= 15 is 0 Å². The van der Waals surface area contributed by atoms with Gasteiger partial charge in [0.25, 0.3) is 0 Å². The van der Waals surface area contributed by atoms with Gasteiger partial charge in [-0.25, -0.2) is 9.97 Å². The number of nitrogens with one attached hydrogen (secondary N) is 1. The zero-order valence-corrected chi connectivity index (χ0v) is 16.9. The smallest absolute Gasteiger partial charge is 0.187 e. The first-order valence-electron chi connectivity index (χ1n) is 7.54. The summed E-state index contributed by atoms with van der Waals surface area (Å²) in [6.07, 6.45) is 2.05. The van der Waals surface area contributed by atoms with Crippen LogP contribution in [0.15, 0.2) is 48.0 Å². The fraction of sp³-hybridized carbons (Fsp3) is 0.111. The average molecular weight is 436 g/mol. The van der Waals surface area contributed by atoms with Gasteiger partial charge in [-0.3, -0.25) is 4.40 Å². The lowest BCUT2D eigenvalue weighted by Gasteiger charge is -2.02. The number of hydrogen-bond acceptors (Lipinski definition) is 4. The summed E-state index contributed by atoms with van der Waals surface area (Å²) in [6, 6.07) is 11.7. The van der Waals surface area contributed by atoms with Crippen molar-refractivity contribution in [2.75, 3.05) is 5.32 Å². The molecule has 4 rings (SSSR count). The molecule has 4 nitrogen and oxygen atoms in total. The van der Waals surface area contributed by atoms with E-state index in [0.29, 0.717) is 0 Å². The summed E-state index contributed by atoms with van der Waals surface area (Å²) in [5.74, 6) is 0. The number of aryl methyl sites for hydroxylation is 2. The second kappa shape index (κ2) is 7.15. The van der Waals surface area contributed by atoms with Crippen LogP contribution in [0, 0.1) is 13.8 Å². The van der Waals surface area contributed by atoms with Crippen molar-refractivity contribution in [2.24, 2.45) is 0 Å². The van der Waals surface area contributed by atoms with Gasteiger partial charge >= 0.3 is 0 Å². The summed E-state index contributed by atoms with van der Waals surface area (Å²) >= 11 is 7.49. The average Bonchev–Trinajstić information content (AvgIpc) is 3.12. The number of hydrogen-bond donors (Lipinski definition) is 1. The zero-order chi connectivity index (χ0) is 16.7. The lowest BCUT2D eigenvalue weighted by atomic mass is 10.2. The maximum absolute atomic E-state index is 5.92. The minimum atomic E-state index is 0. The summed E-state index contributed by atoms with van der Waals surface area (Å²) in [4.78, 5) is 9.36. The van der Waals surface area contributed by atoms with Crippen LogP contribution >= 0.6 is 39.9 Å². The van der Waals surface area contributed by atoms with E-state index in [0.717, 1.165) is 38.6 Å². The van der Waals surface area contributed by atoms with Crippen molar-refractivity contribution in [1.82, 2.24) is 14.4 Å². The monoisotopic (exact) mass is 434 g/mol. The lowest BCUT2D eigenvalue weighted by Crippen LogP contribution is -1.92. The number of pyridine rings is 1. The highest BCUT2D eigenvalue weighted by Crippen LogP contribution is 2.30. The van der Waals surface area contributed by atoms with Crippen molar-refractivity contribution in [3.63, 3.8) is 0 Å². The first-order valence-corrected chi connectivity index (χ1v) is 8.80. The third-order valence-corrected chi connectivity index (χ3v) is 4.81. The minimum Gasteiger partial charge on any atom is -0.332 e. The van der Waals surface area contributed by atoms with Gasteiger partial charge in [0, 0.05) is 22.3 Å². The van der Waals surface area contributed by atoms with Crippen LogP contribution in [0.2, 0.25) is 5.02 Å². The van der Waals surface area contributed by atoms with E-state index in [1.165, 1.54) is 5.56 Å². The van der Waals surface area contributed by atoms with Crippen LogP contribution in [-0.2, 0) is 0 Å². The van der Waals surface area contributed by atoms with Crippen LogP contribution in [0.25, 0.3) is 17.0 Å². The van der Waals surface area contributed by atoms with Crippen molar-refractivity contribution in [1.29, 1.82) is 0 Å². The first-order chi connectivity index (χ1) is 11.6. The molecule has 0 unspecified atom stereocenters. The fourth-order valence-corrected chi connectivity index (χ4v) is 3.51. The molecule has 0 aliphatic heterocycles. The third kappa shape index (κ3) is 3.56. The first kappa shape index (κ1) is 17.9. The molecule has 3 aromatic heterocycles. The van der Waals surface area contributed by atoms with E-state index in [1.54, 1.807) is 11.3 Å². The normalized spacial score (nSPS) is 10.7. The van der Waals surface area contributed by atoms with Gasteiger partial charge in [-0.05, 0) is 55.8 Å². The van der Waals surface area contributed by atoms with Crippen molar-refractivity contribution in [2.45, 2.75) is 13.8 Å². The van der Waals surface area contributed by atoms with E-state index in [1.807, 2.05) is 37.4 Å². The fourth-order valence-electron chi connectivity index (χ4n) is 2.67. The number of halogens is 2. The Morgan fingerprint density at radius 2 is 1.84 bits per heavy atom. The van der Waals surface area contributed by atoms with Crippen LogP contribution in [0.1, 0.15) is 11.3 Å². The van der Waals surface area contributed by atoms with Gasteiger partial charge in [-0.2, -0.15) is 0 Å². The zero-order valence-electron chi connectivity index (χ0n) is 13.7. The topological polar surface area (TPSA) is 42.2 Å². The molecule has 0 amide bonds. The number of rotatable bonds is 3. The predicted octanol–water partition coefficient (Wildman–Crippen LogP) is 6.05. The van der Waals surface area contributed by atoms with Gasteiger partial charge in [-0.1, -0.05) is 11.6 Å². The SMILES string of the molecule is Br.Cc1ccn2c(-c3csc(Nc4ccc(Cl)cc4)n3)c(C)nc2c1. The molecule has 0 saturated heterocycles. The molecule has 128 valence electrons. The second-order valence-electron chi connectivity index (χ2n) is 5.65. The second-order valence-corrected chi connectivity index (χ2v) is 6.94. The van der Waals surface area contributed by atoms with Crippen LogP contribution in [0.5, 0.6) is 0 Å². The summed E-state index contributed by atoms with van der Waals surface area (Å²) in [5.41, 5.74) is 6.04. The lowest BCUT2D eigenvalue weighted by molar-refractivity contribution is 1.16. The largest absolute Gasteiger partial charge is 0.332 e. The van der Waals surface area contributed by atoms with Gasteiger partial charge in [-0.15, -0.1) is 28.3 Å². The Kier molecular flexibility index (Phi) is 5.13. The molecule has 0 fully saturated rings. The highest BCUT2D eigenvalue weighted by molar-refractivity contribution is 8.93. The van der Waals surface area contributed by atoms with Crippen molar-refractivity contribution in [3.05, 3.63) is 64.3 Å². The highest BCUT2D eigenvalue weighted by atomic mass is 79.9. The Labute approximate surface area is 165 Å². The molecule has 1 aromatic carbocycles. The predicted molar refractivity (Wildman–Crippen MR) is 111 cm³/mol. The number of nitrogens with zero attached hydrogens (tertiary/aromatic N) is 3. The van der Waals surface area contributed by atoms with Crippen LogP contribution in [0.4, 0.5) is 10.8 Å². The van der Waals surface area contributed by atoms with E-state index in [4.69, 9.17) is 16.6 Å². The van der Waals surface area contributed by atoms with Crippen molar-refractivity contribution >= 4 is 56.4 Å². The van der Waals surface area contributed by atoms with E-state index < -0.39 is 0 Å². The molecular weight excluding hydrogens is 420 g/mol. The molecule has 0 atom stereocenters. The summed E-state index contributed by atoms with van der Waals surface area (Å²) in [6.45, 7) is 4.09. The molecule has 7 heteroatoms. The Morgan fingerprint density at radius 1 is 1.08 bits per heavy atom. The molecule has 1 N–H and O–H groups in total. The highest BCUT2D eigenvalue weighted by Gasteiger charge is 2.14. The Morgan fingerprint density at radius 3 is 2.60 bits per heavy atom. The Bertz CT molecular complexity index is 1020. The van der Waals surface area contributed by atoms with Crippen molar-refractivity contribution in [3.8, 4) is 11.4 Å². The van der Waals surface area contributed by atoms with E-state index in [2.05, 4.69) is 39.1 Å². The van der Waals surface area contributed by atoms with Crippen LogP contribution in [-0.4, -0.2) is 14.4 Å². The molecule has 0 spiro atoms. The summed E-state index contributed by atoms with van der Waals surface area (Å²) in [7, 11) is 0. The van der Waals surface area contributed by atoms with E-state index in [9.17, 15) is 0 Å². The number of benzene rings is 1. The molecule has 0 radical (unpaired) electrons. The van der Waals surface area contributed by atoms with Gasteiger partial charge in [0.2, 0.25) is 0 Å². The standard InChI is InChI=1S/C18H15ClN4S.BrH/c1-11-7-8-23-16(9-11)20-12(2)17(23)15-10-24-18(22-15)21-14-5-3-13(19)4-6-14;/h3-10H,1-2H3,(H,21,22);1H. The molecule has 25 heavy (non-hydrogen) atoms. The maximum atomic E-state index is 5.92. The van der Waals surface area contributed by atoms with Gasteiger partial charge in [0.1, 0.15) is 11.3 Å². The van der Waals surface area contributed by atoms with E-state index in [-0.39, 0.29) is 17.0 Å². The number of aromatic nitrogens is 3. The van der Waals surface area contributed by atoms with Crippen LogP contribution < -0.4 is 5.32 Å². The van der Waals surface area contributed by atoms with Crippen LogP contribution in [0.3, 0.4) is 0 Å². The number of thiazole rings is 1. The number of imidazole rings is 1. The Hall–Kier alpha value is -1.89. The third-order valence-electron chi connectivity index (χ3n) is 3.80. The molecule has 3 heterocycles. The molecule has 0 bridgehead atoms. The van der Waals surface area contributed by atoms with Gasteiger partial charge in [0.15, 0.2) is 5.13 Å². The number of anilines is 2. The van der Waals surface area contributed by atoms with Gasteiger partial charge < -0.3 is 5.32 Å². The maximum Gasteiger partial charge on any atom is 0.187 e. The minimum absolute atomic E-state index is 0. The molecular formula is C18H16BrClN4S. The quantitative estimate of drug-likeness (QED) is 0.426. The molecule has 0 aliphatic carbocycles. The molecule has 0 aliphatic rings. The summed E-state index contributed by atoms with van der Waals surface area (Å²) < 4.78 is 2.09.